The fourth-order valence-electron chi connectivity index (χ4n) is 2.93. The monoisotopic (exact) mass is 240 g/mol. The van der Waals surface area contributed by atoms with Crippen molar-refractivity contribution < 1.29 is 9.53 Å². The normalized spacial score (nSPS) is 38.0. The highest BCUT2D eigenvalue weighted by Gasteiger charge is 2.32. The summed E-state index contributed by atoms with van der Waals surface area (Å²) in [6.07, 6.45) is 5.98. The molecule has 1 heterocycles. The largest absolute Gasteiger partial charge is 0.379 e. The van der Waals surface area contributed by atoms with Gasteiger partial charge in [-0.3, -0.25) is 4.79 Å². The summed E-state index contributed by atoms with van der Waals surface area (Å²) in [5, 5.41) is 3.11. The molecule has 4 heteroatoms. The molecule has 0 aromatic heterocycles. The zero-order valence-corrected chi connectivity index (χ0v) is 10.7. The van der Waals surface area contributed by atoms with Gasteiger partial charge < -0.3 is 15.8 Å². The fourth-order valence-corrected chi connectivity index (χ4v) is 2.93. The quantitative estimate of drug-likeness (QED) is 0.779. The summed E-state index contributed by atoms with van der Waals surface area (Å²) in [6.45, 7) is 3.46. The van der Waals surface area contributed by atoms with Crippen LogP contribution >= 0.6 is 0 Å². The number of carbonyl (C=O) groups excluding carboxylic acids is 1. The first-order valence-electron chi connectivity index (χ1n) is 6.72. The van der Waals surface area contributed by atoms with Crippen molar-refractivity contribution in [2.75, 3.05) is 13.2 Å². The van der Waals surface area contributed by atoms with Crippen molar-refractivity contribution >= 4 is 5.91 Å². The number of hydrogen-bond donors (Lipinski definition) is 2. The highest BCUT2D eigenvalue weighted by molar-refractivity contribution is 5.77. The van der Waals surface area contributed by atoms with Crippen LogP contribution in [0.3, 0.4) is 0 Å². The van der Waals surface area contributed by atoms with Crippen LogP contribution in [-0.2, 0) is 9.53 Å². The van der Waals surface area contributed by atoms with Gasteiger partial charge in [0.2, 0.25) is 5.91 Å². The van der Waals surface area contributed by atoms with Crippen molar-refractivity contribution in [2.45, 2.75) is 57.0 Å². The Kier molecular flexibility index (Phi) is 4.05. The smallest absolute Gasteiger partial charge is 0.220 e. The van der Waals surface area contributed by atoms with Crippen LogP contribution in [-0.4, -0.2) is 30.7 Å². The zero-order chi connectivity index (χ0) is 12.3. The predicted molar refractivity (Wildman–Crippen MR) is 66.5 cm³/mol. The van der Waals surface area contributed by atoms with Crippen LogP contribution in [0.15, 0.2) is 0 Å². The third kappa shape index (κ3) is 3.68. The van der Waals surface area contributed by atoms with Crippen molar-refractivity contribution in [1.82, 2.24) is 5.32 Å². The lowest BCUT2D eigenvalue weighted by atomic mass is 9.84. The molecule has 3 atom stereocenters. The summed E-state index contributed by atoms with van der Waals surface area (Å²) in [7, 11) is 0. The van der Waals surface area contributed by atoms with Crippen LogP contribution in [0.25, 0.3) is 0 Å². The first kappa shape index (κ1) is 12.8. The number of hydrogen-bond acceptors (Lipinski definition) is 3. The van der Waals surface area contributed by atoms with Crippen molar-refractivity contribution in [3.63, 3.8) is 0 Å². The molecule has 1 saturated heterocycles. The van der Waals surface area contributed by atoms with Crippen LogP contribution in [0.5, 0.6) is 0 Å². The summed E-state index contributed by atoms with van der Waals surface area (Å²) in [5.74, 6) is 0.641. The number of amides is 1. The van der Waals surface area contributed by atoms with Crippen molar-refractivity contribution in [3.8, 4) is 0 Å². The molecule has 98 valence electrons. The van der Waals surface area contributed by atoms with E-state index in [1.54, 1.807) is 0 Å². The predicted octanol–water partition coefficient (Wildman–Crippen LogP) is 1.19. The minimum absolute atomic E-state index is 0.145. The lowest BCUT2D eigenvalue weighted by Gasteiger charge is -2.28. The average molecular weight is 240 g/mol. The molecular formula is C13H24N2O2. The zero-order valence-electron chi connectivity index (χ0n) is 10.7. The molecule has 3 unspecified atom stereocenters. The van der Waals surface area contributed by atoms with Crippen molar-refractivity contribution in [2.24, 2.45) is 11.7 Å². The van der Waals surface area contributed by atoms with Gasteiger partial charge in [0, 0.05) is 19.1 Å². The SMILES string of the molecule is CC1(NC(=O)CC2CCCC(N)C2)CCOC1. The minimum atomic E-state index is -0.145. The molecule has 2 rings (SSSR count). The summed E-state index contributed by atoms with van der Waals surface area (Å²) >= 11 is 0. The number of carbonyl (C=O) groups is 1. The van der Waals surface area contributed by atoms with Crippen LogP contribution in [0.1, 0.15) is 45.4 Å². The van der Waals surface area contributed by atoms with E-state index in [1.165, 1.54) is 6.42 Å². The van der Waals surface area contributed by atoms with Crippen LogP contribution < -0.4 is 11.1 Å². The molecule has 2 fully saturated rings. The second-order valence-electron chi connectivity index (χ2n) is 5.91. The Hall–Kier alpha value is -0.610. The van der Waals surface area contributed by atoms with Gasteiger partial charge in [0.1, 0.15) is 0 Å². The standard InChI is InChI=1S/C13H24N2O2/c1-13(5-6-17-9-13)15-12(16)8-10-3-2-4-11(14)7-10/h10-11H,2-9,14H2,1H3,(H,15,16). The molecule has 2 aliphatic rings. The molecule has 0 aromatic rings. The average Bonchev–Trinajstić information content (AvgIpc) is 2.64. The topological polar surface area (TPSA) is 64.4 Å². The molecule has 0 radical (unpaired) electrons. The van der Waals surface area contributed by atoms with Gasteiger partial charge in [-0.2, -0.15) is 0 Å². The van der Waals surface area contributed by atoms with Crippen LogP contribution in [0.2, 0.25) is 0 Å². The van der Waals surface area contributed by atoms with Crippen molar-refractivity contribution in [1.29, 1.82) is 0 Å². The molecule has 3 N–H and O–H groups in total. The van der Waals surface area contributed by atoms with Gasteiger partial charge in [0.05, 0.1) is 12.1 Å². The maximum atomic E-state index is 12.0. The summed E-state index contributed by atoms with van der Waals surface area (Å²) in [6, 6.07) is 0.298. The molecule has 0 aromatic carbocycles. The Morgan fingerprint density at radius 2 is 2.35 bits per heavy atom. The highest BCUT2D eigenvalue weighted by Crippen LogP contribution is 2.26. The van der Waals surface area contributed by atoms with Gasteiger partial charge in [0.25, 0.3) is 0 Å². The van der Waals surface area contributed by atoms with Gasteiger partial charge in [-0.05, 0) is 38.5 Å². The molecule has 4 nitrogen and oxygen atoms in total. The molecule has 1 aliphatic heterocycles. The Morgan fingerprint density at radius 1 is 1.53 bits per heavy atom. The Balaban J connectivity index is 1.76. The molecule has 1 saturated carbocycles. The Labute approximate surface area is 103 Å². The fraction of sp³-hybridized carbons (Fsp3) is 0.923. The van der Waals surface area contributed by atoms with E-state index in [2.05, 4.69) is 12.2 Å². The number of rotatable bonds is 3. The first-order valence-corrected chi connectivity index (χ1v) is 6.72. The van der Waals surface area contributed by atoms with Gasteiger partial charge in [-0.15, -0.1) is 0 Å². The van der Waals surface area contributed by atoms with Gasteiger partial charge in [0.15, 0.2) is 0 Å². The van der Waals surface area contributed by atoms with Crippen molar-refractivity contribution in [3.05, 3.63) is 0 Å². The van der Waals surface area contributed by atoms with E-state index < -0.39 is 0 Å². The first-order chi connectivity index (χ1) is 8.07. The van der Waals surface area contributed by atoms with Crippen LogP contribution in [0.4, 0.5) is 0 Å². The maximum Gasteiger partial charge on any atom is 0.220 e. The van der Waals surface area contributed by atoms with E-state index in [-0.39, 0.29) is 11.4 Å². The third-order valence-electron chi connectivity index (χ3n) is 3.96. The number of ether oxygens (including phenoxy) is 1. The Bertz CT molecular complexity index is 275. The molecule has 0 bridgehead atoms. The van der Waals surface area contributed by atoms with Crippen LogP contribution in [0, 0.1) is 5.92 Å². The number of nitrogens with two attached hydrogens (primary N) is 1. The molecule has 0 spiro atoms. The lowest BCUT2D eigenvalue weighted by Crippen LogP contribution is -2.47. The second-order valence-corrected chi connectivity index (χ2v) is 5.91. The van der Waals surface area contributed by atoms with E-state index >= 15 is 0 Å². The number of nitrogens with one attached hydrogen (secondary N) is 1. The lowest BCUT2D eigenvalue weighted by molar-refractivity contribution is -0.124. The maximum absolute atomic E-state index is 12.0. The molecular weight excluding hydrogens is 216 g/mol. The summed E-state index contributed by atoms with van der Waals surface area (Å²) in [5.41, 5.74) is 5.79. The van der Waals surface area contributed by atoms with E-state index in [9.17, 15) is 4.79 Å². The van der Waals surface area contributed by atoms with Gasteiger partial charge in [-0.25, -0.2) is 0 Å². The van der Waals surface area contributed by atoms with E-state index in [1.807, 2.05) is 0 Å². The van der Waals surface area contributed by atoms with Gasteiger partial charge >= 0.3 is 0 Å². The van der Waals surface area contributed by atoms with Gasteiger partial charge in [-0.1, -0.05) is 6.42 Å². The Morgan fingerprint density at radius 3 is 3.00 bits per heavy atom. The highest BCUT2D eigenvalue weighted by atomic mass is 16.5. The van der Waals surface area contributed by atoms with E-state index in [4.69, 9.17) is 10.5 Å². The minimum Gasteiger partial charge on any atom is -0.379 e. The third-order valence-corrected chi connectivity index (χ3v) is 3.96. The molecule has 17 heavy (non-hydrogen) atoms. The second kappa shape index (κ2) is 5.36. The summed E-state index contributed by atoms with van der Waals surface area (Å²) < 4.78 is 5.33. The van der Waals surface area contributed by atoms with E-state index in [0.717, 1.165) is 32.3 Å². The van der Waals surface area contributed by atoms with E-state index in [0.29, 0.717) is 25.0 Å². The molecule has 1 aliphatic carbocycles. The molecule has 1 amide bonds. The summed E-state index contributed by atoms with van der Waals surface area (Å²) in [4.78, 5) is 12.0.